The van der Waals surface area contributed by atoms with Crippen molar-refractivity contribution in [1.29, 1.82) is 5.26 Å². The second-order valence-corrected chi connectivity index (χ2v) is 8.35. The summed E-state index contributed by atoms with van der Waals surface area (Å²) in [4.78, 5) is 13.2. The fourth-order valence-corrected chi connectivity index (χ4v) is 4.28. The lowest BCUT2D eigenvalue weighted by Gasteiger charge is -2.36. The van der Waals surface area contributed by atoms with Crippen molar-refractivity contribution in [2.24, 2.45) is 17.3 Å². The molecule has 1 atom stereocenters. The molecule has 1 aromatic rings. The quantitative estimate of drug-likeness (QED) is 0.870. The number of nitriles is 1. The van der Waals surface area contributed by atoms with Gasteiger partial charge in [0.1, 0.15) is 11.1 Å². The van der Waals surface area contributed by atoms with Gasteiger partial charge in [-0.05, 0) is 36.2 Å². The Hall–Kier alpha value is -1.34. The van der Waals surface area contributed by atoms with Gasteiger partial charge in [-0.1, -0.05) is 41.0 Å². The lowest BCUT2D eigenvalue weighted by Crippen LogP contribution is -2.28. The number of carbonyl (C=O) groups excluding carboxylic acids is 1. The number of carbonyl (C=O) groups is 1. The van der Waals surface area contributed by atoms with Gasteiger partial charge < -0.3 is 5.32 Å². The second kappa shape index (κ2) is 6.42. The van der Waals surface area contributed by atoms with E-state index in [2.05, 4.69) is 32.2 Å². The smallest absolute Gasteiger partial charge is 0.227 e. The molecule has 0 radical (unpaired) electrons. The summed E-state index contributed by atoms with van der Waals surface area (Å²) in [7, 11) is 0. The summed E-state index contributed by atoms with van der Waals surface area (Å²) in [5.41, 5.74) is 2.20. The maximum absolute atomic E-state index is 11.9. The molecule has 2 rings (SSSR count). The highest BCUT2D eigenvalue weighted by molar-refractivity contribution is 7.16. The van der Waals surface area contributed by atoms with Crippen LogP contribution in [0.1, 0.15) is 63.5 Å². The molecular formula is C18H26N2OS. The molecule has 0 unspecified atom stereocenters. The number of anilines is 1. The summed E-state index contributed by atoms with van der Waals surface area (Å²) in [5, 5.41) is 13.2. The number of thiophene rings is 1. The summed E-state index contributed by atoms with van der Waals surface area (Å²) >= 11 is 1.61. The number of fused-ring (bicyclic) bond motifs is 1. The molecule has 1 N–H and O–H groups in total. The molecule has 22 heavy (non-hydrogen) atoms. The van der Waals surface area contributed by atoms with Gasteiger partial charge in [0.05, 0.1) is 5.56 Å². The molecule has 1 aromatic heterocycles. The third-order valence-electron chi connectivity index (χ3n) is 5.15. The summed E-state index contributed by atoms with van der Waals surface area (Å²) in [5.74, 6) is 0.571. The first kappa shape index (κ1) is 17.0. The lowest BCUT2D eigenvalue weighted by atomic mass is 9.69. The van der Waals surface area contributed by atoms with Crippen LogP contribution in [-0.2, 0) is 17.6 Å². The number of nitrogens with one attached hydrogen (secondary N) is 1. The van der Waals surface area contributed by atoms with Crippen LogP contribution >= 0.6 is 11.3 Å². The summed E-state index contributed by atoms with van der Waals surface area (Å²) in [6, 6.07) is 2.31. The van der Waals surface area contributed by atoms with Crippen LogP contribution in [0.2, 0.25) is 0 Å². The largest absolute Gasteiger partial charge is 0.316 e. The Morgan fingerprint density at radius 2 is 2.18 bits per heavy atom. The van der Waals surface area contributed by atoms with Crippen LogP contribution in [0.25, 0.3) is 0 Å². The van der Waals surface area contributed by atoms with Gasteiger partial charge in [-0.25, -0.2) is 0 Å². The first-order valence-corrected chi connectivity index (χ1v) is 8.97. The molecule has 0 saturated carbocycles. The van der Waals surface area contributed by atoms with Gasteiger partial charge >= 0.3 is 0 Å². The van der Waals surface area contributed by atoms with Crippen LogP contribution < -0.4 is 5.32 Å². The van der Waals surface area contributed by atoms with E-state index in [1.54, 1.807) is 11.3 Å². The minimum atomic E-state index is -0.0718. The fourth-order valence-electron chi connectivity index (χ4n) is 3.00. The molecule has 0 aromatic carbocycles. The predicted octanol–water partition coefficient (Wildman–Crippen LogP) is 4.76. The maximum atomic E-state index is 11.9. The van der Waals surface area contributed by atoms with Crippen molar-refractivity contribution in [2.75, 3.05) is 5.32 Å². The minimum absolute atomic E-state index is 0.0134. The normalized spacial score (nSPS) is 18.0. The van der Waals surface area contributed by atoms with E-state index in [9.17, 15) is 10.1 Å². The fraction of sp³-hybridized carbons (Fsp3) is 0.667. The van der Waals surface area contributed by atoms with Crippen LogP contribution in [0.15, 0.2) is 0 Å². The van der Waals surface area contributed by atoms with E-state index in [-0.39, 0.29) is 11.8 Å². The SMILES string of the molecule is CCC(C)(C)[C@H]1CCc2c(sc(NC(=O)C(C)C)c2C#N)C1. The van der Waals surface area contributed by atoms with Crippen molar-refractivity contribution in [1.82, 2.24) is 0 Å². The number of nitrogens with zero attached hydrogens (tertiary/aromatic N) is 1. The van der Waals surface area contributed by atoms with Gasteiger partial charge in [-0.15, -0.1) is 11.3 Å². The monoisotopic (exact) mass is 318 g/mol. The summed E-state index contributed by atoms with van der Waals surface area (Å²) in [6.07, 6.45) is 4.30. The Balaban J connectivity index is 2.29. The number of amides is 1. The number of hydrogen-bond acceptors (Lipinski definition) is 3. The Labute approximate surface area is 137 Å². The van der Waals surface area contributed by atoms with Crippen molar-refractivity contribution < 1.29 is 4.79 Å². The van der Waals surface area contributed by atoms with E-state index in [0.29, 0.717) is 16.9 Å². The number of rotatable bonds is 4. The van der Waals surface area contributed by atoms with Gasteiger partial charge in [-0.2, -0.15) is 5.26 Å². The first-order chi connectivity index (χ1) is 10.3. The van der Waals surface area contributed by atoms with E-state index in [0.717, 1.165) is 24.3 Å². The molecule has 0 spiro atoms. The van der Waals surface area contributed by atoms with Crippen LogP contribution in [-0.4, -0.2) is 5.91 Å². The average molecular weight is 318 g/mol. The summed E-state index contributed by atoms with van der Waals surface area (Å²) in [6.45, 7) is 10.7. The second-order valence-electron chi connectivity index (χ2n) is 7.25. The highest BCUT2D eigenvalue weighted by atomic mass is 32.1. The Kier molecular flexibility index (Phi) is 4.97. The maximum Gasteiger partial charge on any atom is 0.227 e. The Bertz CT molecular complexity index is 607. The predicted molar refractivity (Wildman–Crippen MR) is 92.1 cm³/mol. The molecule has 1 heterocycles. The van der Waals surface area contributed by atoms with Gasteiger partial charge in [-0.3, -0.25) is 4.79 Å². The third-order valence-corrected chi connectivity index (χ3v) is 6.32. The topological polar surface area (TPSA) is 52.9 Å². The average Bonchev–Trinajstić information content (AvgIpc) is 2.82. The van der Waals surface area contributed by atoms with E-state index < -0.39 is 0 Å². The van der Waals surface area contributed by atoms with Gasteiger partial charge in [0.15, 0.2) is 0 Å². The van der Waals surface area contributed by atoms with Gasteiger partial charge in [0.2, 0.25) is 5.91 Å². The van der Waals surface area contributed by atoms with Crippen LogP contribution in [0.5, 0.6) is 0 Å². The van der Waals surface area contributed by atoms with E-state index in [1.807, 2.05) is 13.8 Å². The zero-order valence-electron chi connectivity index (χ0n) is 14.2. The molecule has 3 nitrogen and oxygen atoms in total. The molecule has 1 aliphatic rings. The van der Waals surface area contributed by atoms with E-state index in [4.69, 9.17) is 0 Å². The highest BCUT2D eigenvalue weighted by Gasteiger charge is 2.34. The van der Waals surface area contributed by atoms with Crippen LogP contribution in [0.4, 0.5) is 5.00 Å². The summed E-state index contributed by atoms with van der Waals surface area (Å²) < 4.78 is 0. The molecular weight excluding hydrogens is 292 g/mol. The van der Waals surface area contributed by atoms with E-state index >= 15 is 0 Å². The van der Waals surface area contributed by atoms with Gasteiger partial charge in [0.25, 0.3) is 0 Å². The minimum Gasteiger partial charge on any atom is -0.316 e. The third kappa shape index (κ3) is 3.20. The number of hydrogen-bond donors (Lipinski definition) is 1. The molecule has 0 bridgehead atoms. The molecule has 1 aliphatic carbocycles. The van der Waals surface area contributed by atoms with E-state index in [1.165, 1.54) is 16.9 Å². The van der Waals surface area contributed by atoms with Crippen LogP contribution in [0.3, 0.4) is 0 Å². The molecule has 0 aliphatic heterocycles. The zero-order valence-corrected chi connectivity index (χ0v) is 15.1. The molecule has 0 saturated heterocycles. The van der Waals surface area contributed by atoms with Crippen molar-refractivity contribution in [3.05, 3.63) is 16.0 Å². The standard InChI is InChI=1S/C18H26N2OS/c1-6-18(4,5)12-7-8-13-14(10-19)17(22-15(13)9-12)20-16(21)11(2)3/h11-12H,6-9H2,1-5H3,(H,20,21)/t12-/m0/s1. The van der Waals surface area contributed by atoms with Crippen molar-refractivity contribution in [3.8, 4) is 6.07 Å². The highest BCUT2D eigenvalue weighted by Crippen LogP contribution is 2.45. The van der Waals surface area contributed by atoms with Crippen molar-refractivity contribution in [3.63, 3.8) is 0 Å². The molecule has 0 fully saturated rings. The lowest BCUT2D eigenvalue weighted by molar-refractivity contribution is -0.118. The van der Waals surface area contributed by atoms with Crippen molar-refractivity contribution in [2.45, 2.75) is 60.3 Å². The zero-order chi connectivity index (χ0) is 16.5. The molecule has 4 heteroatoms. The van der Waals surface area contributed by atoms with Crippen LogP contribution in [0, 0.1) is 28.6 Å². The van der Waals surface area contributed by atoms with Crippen molar-refractivity contribution >= 4 is 22.2 Å². The van der Waals surface area contributed by atoms with Gasteiger partial charge in [0, 0.05) is 10.8 Å². The molecule has 1 amide bonds. The molecule has 120 valence electrons. The Morgan fingerprint density at radius 3 is 2.73 bits per heavy atom. The first-order valence-electron chi connectivity index (χ1n) is 8.15. The Morgan fingerprint density at radius 1 is 1.50 bits per heavy atom.